The molecule has 0 saturated carbocycles. The fourth-order valence-corrected chi connectivity index (χ4v) is 0.773. The Morgan fingerprint density at radius 2 is 2.00 bits per heavy atom. The second-order valence-electron chi connectivity index (χ2n) is 1.80. The number of rotatable bonds is 1. The minimum atomic E-state index is -0.00333. The van der Waals surface area contributed by atoms with Crippen LogP contribution in [0.25, 0.3) is 0 Å². The minimum absolute atomic E-state index is 0.00333. The van der Waals surface area contributed by atoms with Gasteiger partial charge < -0.3 is 0 Å². The number of carbonyl (C=O) groups is 1. The summed E-state index contributed by atoms with van der Waals surface area (Å²) in [6.45, 7) is 1.49. The molecule has 0 atom stereocenters. The van der Waals surface area contributed by atoms with E-state index in [1.54, 1.807) is 0 Å². The predicted octanol–water partition coefficient (Wildman–Crippen LogP) is 1.28. The molecule has 10 heavy (non-hydrogen) atoms. The van der Waals surface area contributed by atoms with Crippen molar-refractivity contribution in [2.75, 3.05) is 0 Å². The summed E-state index contributed by atoms with van der Waals surface area (Å²) in [5.74, 6) is -0.00333. The van der Waals surface area contributed by atoms with Crippen molar-refractivity contribution in [2.24, 2.45) is 0 Å². The van der Waals surface area contributed by atoms with Gasteiger partial charge in [0.15, 0.2) is 9.61 Å². The van der Waals surface area contributed by atoms with Crippen molar-refractivity contribution in [1.82, 2.24) is 9.97 Å². The summed E-state index contributed by atoms with van der Waals surface area (Å²) < 4.78 is 0.655. The Morgan fingerprint density at radius 1 is 1.50 bits per heavy atom. The van der Waals surface area contributed by atoms with Crippen LogP contribution in [0.5, 0.6) is 0 Å². The maximum atomic E-state index is 10.7. The smallest absolute Gasteiger partial charge is 0.190 e. The first-order chi connectivity index (χ1) is 4.70. The molecule has 0 radical (unpaired) electrons. The van der Waals surface area contributed by atoms with E-state index in [1.807, 2.05) is 22.6 Å². The Morgan fingerprint density at radius 3 is 2.40 bits per heavy atom. The summed E-state index contributed by atoms with van der Waals surface area (Å²) in [5.41, 5.74) is 0.556. The van der Waals surface area contributed by atoms with Crippen molar-refractivity contribution in [1.29, 1.82) is 0 Å². The number of halogens is 1. The van der Waals surface area contributed by atoms with Gasteiger partial charge in [0.25, 0.3) is 0 Å². The highest BCUT2D eigenvalue weighted by Crippen LogP contribution is 1.98. The lowest BCUT2D eigenvalue weighted by Crippen LogP contribution is -1.95. The van der Waals surface area contributed by atoms with Gasteiger partial charge in [-0.3, -0.25) is 4.79 Å². The first-order valence-corrected chi connectivity index (χ1v) is 3.76. The van der Waals surface area contributed by atoms with Crippen LogP contribution in [0.2, 0.25) is 0 Å². The lowest BCUT2D eigenvalue weighted by molar-refractivity contribution is 0.101. The van der Waals surface area contributed by atoms with Gasteiger partial charge in [-0.15, -0.1) is 0 Å². The number of nitrogens with zero attached hydrogens (tertiary/aromatic N) is 2. The van der Waals surface area contributed by atoms with E-state index in [0.29, 0.717) is 9.39 Å². The van der Waals surface area contributed by atoms with Crippen LogP contribution in [-0.4, -0.2) is 15.8 Å². The van der Waals surface area contributed by atoms with Crippen LogP contribution < -0.4 is 0 Å². The molecule has 0 aliphatic carbocycles. The Balaban J connectivity index is 3.00. The molecule has 0 bridgehead atoms. The van der Waals surface area contributed by atoms with Crippen LogP contribution >= 0.6 is 22.6 Å². The van der Waals surface area contributed by atoms with Gasteiger partial charge in [0.05, 0.1) is 5.56 Å². The van der Waals surface area contributed by atoms with Crippen molar-refractivity contribution in [3.63, 3.8) is 0 Å². The Kier molecular flexibility index (Phi) is 2.31. The first kappa shape index (κ1) is 7.59. The van der Waals surface area contributed by atoms with Crippen LogP contribution in [0.1, 0.15) is 17.3 Å². The number of aromatic nitrogens is 2. The minimum Gasteiger partial charge on any atom is -0.294 e. The standard InChI is InChI=1S/C6H5IN2O/c1-4(10)5-2-8-6(7)9-3-5/h2-3H,1H3. The highest BCUT2D eigenvalue weighted by atomic mass is 127. The zero-order valence-electron chi connectivity index (χ0n) is 5.34. The monoisotopic (exact) mass is 248 g/mol. The average Bonchev–Trinajstić information content (AvgIpc) is 1.88. The van der Waals surface area contributed by atoms with Crippen LogP contribution in [0.15, 0.2) is 12.4 Å². The summed E-state index contributed by atoms with van der Waals surface area (Å²) in [4.78, 5) is 18.4. The molecule has 0 unspecified atom stereocenters. The van der Waals surface area contributed by atoms with Gasteiger partial charge >= 0.3 is 0 Å². The van der Waals surface area contributed by atoms with Gasteiger partial charge in [-0.1, -0.05) is 0 Å². The third-order valence-corrected chi connectivity index (χ3v) is 1.58. The summed E-state index contributed by atoms with van der Waals surface area (Å²) in [6.07, 6.45) is 3.05. The predicted molar refractivity (Wildman–Crippen MR) is 44.8 cm³/mol. The van der Waals surface area contributed by atoms with E-state index in [9.17, 15) is 4.79 Å². The average molecular weight is 248 g/mol. The van der Waals surface area contributed by atoms with Crippen LogP contribution in [0, 0.1) is 3.83 Å². The van der Waals surface area contributed by atoms with Gasteiger partial charge in [0, 0.05) is 35.0 Å². The third-order valence-electron chi connectivity index (χ3n) is 1.03. The SMILES string of the molecule is CC(=O)c1cnc(I)nc1. The van der Waals surface area contributed by atoms with Crippen molar-refractivity contribution in [3.8, 4) is 0 Å². The van der Waals surface area contributed by atoms with Crippen LogP contribution in [0.3, 0.4) is 0 Å². The Bertz CT molecular complexity index is 244. The lowest BCUT2D eigenvalue weighted by atomic mass is 10.2. The largest absolute Gasteiger partial charge is 0.294 e. The van der Waals surface area contributed by atoms with E-state index in [1.165, 1.54) is 19.3 Å². The molecular formula is C6H5IN2O. The molecule has 0 aliphatic rings. The molecule has 0 N–H and O–H groups in total. The molecule has 3 nitrogen and oxygen atoms in total. The number of hydrogen-bond acceptors (Lipinski definition) is 3. The summed E-state index contributed by atoms with van der Waals surface area (Å²) in [6, 6.07) is 0. The molecular weight excluding hydrogens is 243 g/mol. The lowest BCUT2D eigenvalue weighted by Gasteiger charge is -1.91. The van der Waals surface area contributed by atoms with E-state index in [4.69, 9.17) is 0 Å². The van der Waals surface area contributed by atoms with E-state index in [2.05, 4.69) is 9.97 Å². The fourth-order valence-electron chi connectivity index (χ4n) is 0.494. The van der Waals surface area contributed by atoms with Gasteiger partial charge in [-0.05, 0) is 6.92 Å². The van der Waals surface area contributed by atoms with Gasteiger partial charge in [0.2, 0.25) is 0 Å². The molecule has 0 aliphatic heterocycles. The van der Waals surface area contributed by atoms with E-state index in [0.717, 1.165) is 0 Å². The van der Waals surface area contributed by atoms with Gasteiger partial charge in [-0.2, -0.15) is 0 Å². The van der Waals surface area contributed by atoms with Gasteiger partial charge in [0.1, 0.15) is 0 Å². The third kappa shape index (κ3) is 1.73. The fraction of sp³-hybridized carbons (Fsp3) is 0.167. The summed E-state index contributed by atoms with van der Waals surface area (Å²) in [7, 11) is 0. The Hall–Kier alpha value is -0.520. The zero-order valence-corrected chi connectivity index (χ0v) is 7.49. The van der Waals surface area contributed by atoms with Crippen molar-refractivity contribution in [3.05, 3.63) is 21.8 Å². The summed E-state index contributed by atoms with van der Waals surface area (Å²) >= 11 is 1.99. The molecule has 4 heteroatoms. The van der Waals surface area contributed by atoms with Crippen molar-refractivity contribution < 1.29 is 4.79 Å². The second kappa shape index (κ2) is 3.05. The zero-order chi connectivity index (χ0) is 7.56. The van der Waals surface area contributed by atoms with E-state index in [-0.39, 0.29) is 5.78 Å². The molecule has 0 fully saturated rings. The molecule has 0 aromatic carbocycles. The van der Waals surface area contributed by atoms with Crippen LogP contribution in [0.4, 0.5) is 0 Å². The molecule has 1 heterocycles. The quantitative estimate of drug-likeness (QED) is 0.427. The second-order valence-corrected chi connectivity index (χ2v) is 2.76. The maximum Gasteiger partial charge on any atom is 0.190 e. The molecule has 1 aromatic heterocycles. The Labute approximate surface area is 72.0 Å². The molecule has 1 rings (SSSR count). The molecule has 1 aromatic rings. The van der Waals surface area contributed by atoms with Crippen LogP contribution in [-0.2, 0) is 0 Å². The van der Waals surface area contributed by atoms with Crippen molar-refractivity contribution in [2.45, 2.75) is 6.92 Å². The number of ketones is 1. The molecule has 52 valence electrons. The maximum absolute atomic E-state index is 10.7. The topological polar surface area (TPSA) is 42.9 Å². The number of Topliss-reactive ketones (excluding diaryl/α,β-unsaturated/α-hetero) is 1. The highest BCUT2D eigenvalue weighted by molar-refractivity contribution is 14.1. The molecule has 0 spiro atoms. The number of hydrogen-bond donors (Lipinski definition) is 0. The van der Waals surface area contributed by atoms with Crippen molar-refractivity contribution >= 4 is 28.4 Å². The summed E-state index contributed by atoms with van der Waals surface area (Å²) in [5, 5.41) is 0. The van der Waals surface area contributed by atoms with E-state index >= 15 is 0 Å². The van der Waals surface area contributed by atoms with Gasteiger partial charge in [-0.25, -0.2) is 9.97 Å². The number of carbonyl (C=O) groups excluding carboxylic acids is 1. The highest BCUT2D eigenvalue weighted by Gasteiger charge is 1.97. The normalized spacial score (nSPS) is 9.40. The first-order valence-electron chi connectivity index (χ1n) is 2.68. The molecule has 0 amide bonds. The molecule has 0 saturated heterocycles. The van der Waals surface area contributed by atoms with E-state index < -0.39 is 0 Å².